The fraction of sp³-hybridized carbons (Fsp3) is 0.462. The molecule has 0 aliphatic carbocycles. The van der Waals surface area contributed by atoms with E-state index in [1.54, 1.807) is 0 Å². The zero-order chi connectivity index (χ0) is 11.5. The number of hydrogen-bond donors (Lipinski definition) is 1. The lowest BCUT2D eigenvalue weighted by Gasteiger charge is -2.39. The number of rotatable bonds is 1. The second-order valence-electron chi connectivity index (χ2n) is 4.43. The predicted octanol–water partition coefficient (Wildman–Crippen LogP) is 1.51. The maximum absolute atomic E-state index is 12.3. The highest BCUT2D eigenvalue weighted by Gasteiger charge is 2.29. The van der Waals surface area contributed by atoms with Gasteiger partial charge in [-0.15, -0.1) is 0 Å². The van der Waals surface area contributed by atoms with Crippen LogP contribution in [-0.2, 0) is 0 Å². The lowest BCUT2D eigenvalue weighted by atomic mass is 10.1. The van der Waals surface area contributed by atoms with E-state index in [1.165, 1.54) is 0 Å². The minimum atomic E-state index is 0.141. The van der Waals surface area contributed by atoms with Crippen molar-refractivity contribution in [1.82, 2.24) is 10.2 Å². The van der Waals surface area contributed by atoms with Crippen molar-refractivity contribution in [1.29, 1.82) is 0 Å². The van der Waals surface area contributed by atoms with Crippen LogP contribution >= 0.6 is 0 Å². The third-order valence-corrected chi connectivity index (χ3v) is 3.08. The number of benzene rings is 1. The highest BCUT2D eigenvalue weighted by molar-refractivity contribution is 5.94. The van der Waals surface area contributed by atoms with Gasteiger partial charge in [-0.1, -0.05) is 18.2 Å². The van der Waals surface area contributed by atoms with Gasteiger partial charge in [0.15, 0.2) is 0 Å². The molecule has 0 radical (unpaired) electrons. The Morgan fingerprint density at radius 1 is 1.19 bits per heavy atom. The first-order chi connectivity index (χ1) is 7.70. The fourth-order valence-corrected chi connectivity index (χ4v) is 2.26. The third kappa shape index (κ3) is 2.09. The maximum atomic E-state index is 12.3. The minimum absolute atomic E-state index is 0.141. The van der Waals surface area contributed by atoms with Crippen molar-refractivity contribution >= 4 is 5.91 Å². The number of nitrogens with zero attached hydrogens (tertiary/aromatic N) is 1. The summed E-state index contributed by atoms with van der Waals surface area (Å²) in [5.41, 5.74) is 0.781. The van der Waals surface area contributed by atoms with Gasteiger partial charge >= 0.3 is 0 Å². The molecule has 1 aliphatic rings. The predicted molar refractivity (Wildman–Crippen MR) is 64.4 cm³/mol. The number of carbonyl (C=O) groups is 1. The summed E-state index contributed by atoms with van der Waals surface area (Å²) in [6.07, 6.45) is 0. The second kappa shape index (κ2) is 4.66. The van der Waals surface area contributed by atoms with Crippen LogP contribution in [-0.4, -0.2) is 36.0 Å². The molecule has 1 N–H and O–H groups in total. The molecule has 86 valence electrons. The van der Waals surface area contributed by atoms with Crippen LogP contribution in [0.5, 0.6) is 0 Å². The largest absolute Gasteiger partial charge is 0.331 e. The van der Waals surface area contributed by atoms with Crippen molar-refractivity contribution in [2.45, 2.75) is 25.9 Å². The molecule has 1 aromatic carbocycles. The van der Waals surface area contributed by atoms with Crippen LogP contribution in [0.1, 0.15) is 24.2 Å². The average molecular weight is 218 g/mol. The first-order valence-corrected chi connectivity index (χ1v) is 5.78. The number of carbonyl (C=O) groups excluding carboxylic acids is 1. The van der Waals surface area contributed by atoms with Gasteiger partial charge in [-0.3, -0.25) is 4.79 Å². The maximum Gasteiger partial charge on any atom is 0.254 e. The third-order valence-electron chi connectivity index (χ3n) is 3.08. The highest BCUT2D eigenvalue weighted by Crippen LogP contribution is 2.14. The van der Waals surface area contributed by atoms with Crippen molar-refractivity contribution in [3.63, 3.8) is 0 Å². The van der Waals surface area contributed by atoms with Gasteiger partial charge in [0, 0.05) is 30.7 Å². The SMILES string of the molecule is C[C@H]1CNC[C@H](C)N1C(=O)c1ccccc1. The standard InChI is InChI=1S/C13H18N2O/c1-10-8-14-9-11(2)15(10)13(16)12-6-4-3-5-7-12/h3-7,10-11,14H,8-9H2,1-2H3/t10-,11-/m0/s1. The number of amides is 1. The molecule has 1 aliphatic heterocycles. The summed E-state index contributed by atoms with van der Waals surface area (Å²) in [5, 5.41) is 3.33. The molecule has 0 bridgehead atoms. The molecule has 1 saturated heterocycles. The lowest BCUT2D eigenvalue weighted by molar-refractivity contribution is 0.0544. The van der Waals surface area contributed by atoms with E-state index in [4.69, 9.17) is 0 Å². The summed E-state index contributed by atoms with van der Waals surface area (Å²) in [6, 6.07) is 10.0. The van der Waals surface area contributed by atoms with E-state index < -0.39 is 0 Å². The Labute approximate surface area is 96.5 Å². The van der Waals surface area contributed by atoms with E-state index in [-0.39, 0.29) is 18.0 Å². The van der Waals surface area contributed by atoms with Gasteiger partial charge in [0.05, 0.1) is 0 Å². The Hall–Kier alpha value is -1.35. The molecule has 1 fully saturated rings. The van der Waals surface area contributed by atoms with Crippen LogP contribution in [0.2, 0.25) is 0 Å². The van der Waals surface area contributed by atoms with E-state index in [2.05, 4.69) is 19.2 Å². The molecule has 2 rings (SSSR count). The fourth-order valence-electron chi connectivity index (χ4n) is 2.26. The summed E-state index contributed by atoms with van der Waals surface area (Å²) in [6.45, 7) is 5.93. The van der Waals surface area contributed by atoms with Crippen molar-refractivity contribution in [2.75, 3.05) is 13.1 Å². The van der Waals surface area contributed by atoms with E-state index in [0.717, 1.165) is 18.7 Å². The summed E-state index contributed by atoms with van der Waals surface area (Å²) < 4.78 is 0. The molecule has 3 heteroatoms. The normalized spacial score (nSPS) is 25.5. The molecule has 16 heavy (non-hydrogen) atoms. The molecular weight excluding hydrogens is 200 g/mol. The molecule has 0 aromatic heterocycles. The Morgan fingerprint density at radius 2 is 1.75 bits per heavy atom. The zero-order valence-corrected chi connectivity index (χ0v) is 9.81. The summed E-state index contributed by atoms with van der Waals surface area (Å²) in [5.74, 6) is 0.141. The summed E-state index contributed by atoms with van der Waals surface area (Å²) in [4.78, 5) is 14.3. The van der Waals surface area contributed by atoms with Gasteiger partial charge in [-0.2, -0.15) is 0 Å². The Balaban J connectivity index is 2.20. The van der Waals surface area contributed by atoms with Gasteiger partial charge < -0.3 is 10.2 Å². The van der Waals surface area contributed by atoms with E-state index in [9.17, 15) is 4.79 Å². The molecule has 0 unspecified atom stereocenters. The molecule has 3 nitrogen and oxygen atoms in total. The first kappa shape index (κ1) is 11.1. The van der Waals surface area contributed by atoms with Crippen LogP contribution in [0.4, 0.5) is 0 Å². The van der Waals surface area contributed by atoms with Crippen molar-refractivity contribution in [3.05, 3.63) is 35.9 Å². The Kier molecular flexibility index (Phi) is 3.25. The average Bonchev–Trinajstić information content (AvgIpc) is 2.30. The monoisotopic (exact) mass is 218 g/mol. The molecule has 0 spiro atoms. The van der Waals surface area contributed by atoms with Crippen molar-refractivity contribution < 1.29 is 4.79 Å². The summed E-state index contributed by atoms with van der Waals surface area (Å²) in [7, 11) is 0. The molecule has 2 atom stereocenters. The smallest absolute Gasteiger partial charge is 0.254 e. The Bertz CT molecular complexity index is 353. The van der Waals surface area contributed by atoms with Crippen molar-refractivity contribution in [2.24, 2.45) is 0 Å². The molecule has 0 saturated carbocycles. The molecule has 1 heterocycles. The quantitative estimate of drug-likeness (QED) is 0.775. The number of nitrogens with one attached hydrogen (secondary N) is 1. The number of hydrogen-bond acceptors (Lipinski definition) is 2. The molecule has 1 amide bonds. The number of piperazine rings is 1. The van der Waals surface area contributed by atoms with E-state index >= 15 is 0 Å². The topological polar surface area (TPSA) is 32.3 Å². The highest BCUT2D eigenvalue weighted by atomic mass is 16.2. The van der Waals surface area contributed by atoms with Gasteiger partial charge in [0.25, 0.3) is 5.91 Å². The molecular formula is C13H18N2O. The van der Waals surface area contributed by atoms with Crippen LogP contribution < -0.4 is 5.32 Å². The van der Waals surface area contributed by atoms with Crippen LogP contribution in [0, 0.1) is 0 Å². The van der Waals surface area contributed by atoms with Crippen molar-refractivity contribution in [3.8, 4) is 0 Å². The van der Waals surface area contributed by atoms with Gasteiger partial charge in [-0.25, -0.2) is 0 Å². The Morgan fingerprint density at radius 3 is 2.31 bits per heavy atom. The van der Waals surface area contributed by atoms with Crippen LogP contribution in [0.25, 0.3) is 0 Å². The van der Waals surface area contributed by atoms with Gasteiger partial charge in [0.2, 0.25) is 0 Å². The van der Waals surface area contributed by atoms with E-state index in [0.29, 0.717) is 0 Å². The lowest BCUT2D eigenvalue weighted by Crippen LogP contribution is -2.57. The van der Waals surface area contributed by atoms with Gasteiger partial charge in [-0.05, 0) is 26.0 Å². The van der Waals surface area contributed by atoms with Crippen LogP contribution in [0.3, 0.4) is 0 Å². The zero-order valence-electron chi connectivity index (χ0n) is 9.81. The minimum Gasteiger partial charge on any atom is -0.331 e. The van der Waals surface area contributed by atoms with Gasteiger partial charge in [0.1, 0.15) is 0 Å². The van der Waals surface area contributed by atoms with E-state index in [1.807, 2.05) is 35.2 Å². The molecule has 1 aromatic rings. The van der Waals surface area contributed by atoms with Crippen LogP contribution in [0.15, 0.2) is 30.3 Å². The first-order valence-electron chi connectivity index (χ1n) is 5.78. The second-order valence-corrected chi connectivity index (χ2v) is 4.43. The summed E-state index contributed by atoms with van der Waals surface area (Å²) >= 11 is 0.